The number of carbonyl (C=O) groups is 1. The van der Waals surface area contributed by atoms with Crippen molar-refractivity contribution in [1.29, 1.82) is 0 Å². The maximum atomic E-state index is 11.7. The summed E-state index contributed by atoms with van der Waals surface area (Å²) in [5.74, 6) is 0.960. The molecule has 0 spiro atoms. The van der Waals surface area contributed by atoms with Gasteiger partial charge in [0.05, 0.1) is 13.2 Å². The van der Waals surface area contributed by atoms with Crippen molar-refractivity contribution in [2.75, 3.05) is 40.0 Å². The number of hydrogen-bond donors (Lipinski definition) is 2. The van der Waals surface area contributed by atoms with Gasteiger partial charge in [-0.2, -0.15) is 0 Å². The van der Waals surface area contributed by atoms with Crippen LogP contribution in [0.1, 0.15) is 33.1 Å². The maximum Gasteiger partial charge on any atom is 0.220 e. The van der Waals surface area contributed by atoms with E-state index >= 15 is 0 Å². The zero-order valence-electron chi connectivity index (χ0n) is 12.6. The summed E-state index contributed by atoms with van der Waals surface area (Å²) in [6, 6.07) is 0. The molecule has 5 heteroatoms. The maximum absolute atomic E-state index is 11.7. The number of ether oxygens (including phenoxy) is 2. The number of nitrogens with one attached hydrogen (secondary N) is 1. The number of methoxy groups -OCH3 is 1. The Balaban J connectivity index is 3.52. The van der Waals surface area contributed by atoms with Crippen LogP contribution in [-0.2, 0) is 14.3 Å². The first-order valence-corrected chi connectivity index (χ1v) is 7.13. The Hall–Kier alpha value is -0.650. The van der Waals surface area contributed by atoms with Crippen LogP contribution in [0.4, 0.5) is 0 Å². The van der Waals surface area contributed by atoms with Gasteiger partial charge in [0.25, 0.3) is 0 Å². The molecular weight excluding hydrogens is 244 g/mol. The first-order valence-electron chi connectivity index (χ1n) is 7.13. The molecule has 19 heavy (non-hydrogen) atoms. The molecule has 0 bridgehead atoms. The quantitative estimate of drug-likeness (QED) is 0.524. The summed E-state index contributed by atoms with van der Waals surface area (Å²) in [5, 5.41) is 2.91. The summed E-state index contributed by atoms with van der Waals surface area (Å²) in [4.78, 5) is 11.7. The molecule has 0 aliphatic carbocycles. The summed E-state index contributed by atoms with van der Waals surface area (Å²) in [7, 11) is 1.65. The fourth-order valence-electron chi connectivity index (χ4n) is 1.91. The van der Waals surface area contributed by atoms with Gasteiger partial charge in [0.15, 0.2) is 0 Å². The average Bonchev–Trinajstić information content (AvgIpc) is 2.36. The molecule has 0 rings (SSSR count). The Kier molecular flexibility index (Phi) is 12.0. The van der Waals surface area contributed by atoms with E-state index in [0.29, 0.717) is 45.2 Å². The minimum absolute atomic E-state index is 0.0907. The van der Waals surface area contributed by atoms with Crippen molar-refractivity contribution in [3.8, 4) is 0 Å². The molecule has 0 saturated carbocycles. The Morgan fingerprint density at radius 3 is 2.58 bits per heavy atom. The first-order chi connectivity index (χ1) is 9.10. The van der Waals surface area contributed by atoms with Gasteiger partial charge in [-0.1, -0.05) is 13.8 Å². The van der Waals surface area contributed by atoms with E-state index in [1.165, 1.54) is 0 Å². The Morgan fingerprint density at radius 1 is 1.26 bits per heavy atom. The molecule has 0 heterocycles. The summed E-state index contributed by atoms with van der Waals surface area (Å²) >= 11 is 0. The molecule has 5 nitrogen and oxygen atoms in total. The number of nitrogens with two attached hydrogens (primary N) is 1. The lowest BCUT2D eigenvalue weighted by Gasteiger charge is -2.16. The number of carbonyl (C=O) groups excluding carboxylic acids is 1. The molecule has 0 fully saturated rings. The van der Waals surface area contributed by atoms with Crippen molar-refractivity contribution in [3.05, 3.63) is 0 Å². The van der Waals surface area contributed by atoms with Crippen LogP contribution < -0.4 is 11.1 Å². The van der Waals surface area contributed by atoms with Crippen LogP contribution >= 0.6 is 0 Å². The van der Waals surface area contributed by atoms with Crippen LogP contribution in [0.15, 0.2) is 0 Å². The zero-order chi connectivity index (χ0) is 14.5. The second-order valence-electron chi connectivity index (χ2n) is 5.24. The summed E-state index contributed by atoms with van der Waals surface area (Å²) in [5.41, 5.74) is 5.68. The Labute approximate surface area is 117 Å². The lowest BCUT2D eigenvalue weighted by molar-refractivity contribution is -0.122. The van der Waals surface area contributed by atoms with E-state index in [1.807, 2.05) is 0 Å². The molecule has 0 saturated heterocycles. The molecule has 0 aliphatic rings. The van der Waals surface area contributed by atoms with Crippen molar-refractivity contribution in [2.45, 2.75) is 33.1 Å². The van der Waals surface area contributed by atoms with Crippen molar-refractivity contribution >= 4 is 5.91 Å². The van der Waals surface area contributed by atoms with Crippen LogP contribution in [0.5, 0.6) is 0 Å². The average molecular weight is 274 g/mol. The molecule has 0 aliphatic heterocycles. The minimum atomic E-state index is 0.0907. The van der Waals surface area contributed by atoms with Crippen LogP contribution in [0.2, 0.25) is 0 Å². The van der Waals surface area contributed by atoms with Crippen molar-refractivity contribution in [2.24, 2.45) is 17.6 Å². The second-order valence-corrected chi connectivity index (χ2v) is 5.24. The molecule has 3 N–H and O–H groups in total. The van der Waals surface area contributed by atoms with Gasteiger partial charge in [-0.05, 0) is 31.2 Å². The van der Waals surface area contributed by atoms with Gasteiger partial charge in [-0.15, -0.1) is 0 Å². The fraction of sp³-hybridized carbons (Fsp3) is 0.929. The van der Waals surface area contributed by atoms with Crippen LogP contribution in [0, 0.1) is 11.8 Å². The van der Waals surface area contributed by atoms with Crippen LogP contribution in [0.25, 0.3) is 0 Å². The molecule has 0 aromatic carbocycles. The lowest BCUT2D eigenvalue weighted by atomic mass is 9.94. The molecule has 0 aromatic heterocycles. The third-order valence-electron chi connectivity index (χ3n) is 2.83. The van der Waals surface area contributed by atoms with Gasteiger partial charge < -0.3 is 20.5 Å². The van der Waals surface area contributed by atoms with E-state index in [4.69, 9.17) is 15.2 Å². The highest BCUT2D eigenvalue weighted by Gasteiger charge is 2.13. The third-order valence-corrected chi connectivity index (χ3v) is 2.83. The number of hydrogen-bond acceptors (Lipinski definition) is 4. The monoisotopic (exact) mass is 274 g/mol. The summed E-state index contributed by atoms with van der Waals surface area (Å²) in [6.45, 7) is 7.40. The minimum Gasteiger partial charge on any atom is -0.382 e. The molecule has 0 unspecified atom stereocenters. The molecule has 1 atom stereocenters. The first kappa shape index (κ1) is 18.4. The van der Waals surface area contributed by atoms with Crippen molar-refractivity contribution in [1.82, 2.24) is 5.32 Å². The topological polar surface area (TPSA) is 73.6 Å². The lowest BCUT2D eigenvalue weighted by Crippen LogP contribution is -2.30. The molecular formula is C14H30N2O3. The Morgan fingerprint density at radius 2 is 2.00 bits per heavy atom. The van der Waals surface area contributed by atoms with E-state index < -0.39 is 0 Å². The highest BCUT2D eigenvalue weighted by atomic mass is 16.5. The molecule has 0 aromatic rings. The predicted octanol–water partition coefficient (Wildman–Crippen LogP) is 1.17. The molecule has 1 amide bonds. The van der Waals surface area contributed by atoms with E-state index in [-0.39, 0.29) is 11.8 Å². The van der Waals surface area contributed by atoms with Crippen LogP contribution in [-0.4, -0.2) is 45.9 Å². The summed E-state index contributed by atoms with van der Waals surface area (Å²) < 4.78 is 10.2. The van der Waals surface area contributed by atoms with Gasteiger partial charge in [0, 0.05) is 26.7 Å². The second kappa shape index (κ2) is 12.4. The highest BCUT2D eigenvalue weighted by Crippen LogP contribution is 2.13. The summed E-state index contributed by atoms with van der Waals surface area (Å²) in [6.07, 6.45) is 2.36. The Bertz CT molecular complexity index is 223. The van der Waals surface area contributed by atoms with Crippen molar-refractivity contribution in [3.63, 3.8) is 0 Å². The van der Waals surface area contributed by atoms with Gasteiger partial charge in [0.1, 0.15) is 0 Å². The molecule has 0 radical (unpaired) electrons. The van der Waals surface area contributed by atoms with E-state index in [0.717, 1.165) is 12.8 Å². The fourth-order valence-corrected chi connectivity index (χ4v) is 1.91. The van der Waals surface area contributed by atoms with Crippen LogP contribution in [0.3, 0.4) is 0 Å². The van der Waals surface area contributed by atoms with E-state index in [9.17, 15) is 4.79 Å². The van der Waals surface area contributed by atoms with Gasteiger partial charge in [0.2, 0.25) is 5.91 Å². The zero-order valence-corrected chi connectivity index (χ0v) is 12.6. The third kappa shape index (κ3) is 12.1. The van der Waals surface area contributed by atoms with Gasteiger partial charge in [-0.3, -0.25) is 4.79 Å². The standard InChI is InChI=1S/C14H30N2O3/c1-12(2)9-13(11-15)10-14(17)16-5-4-6-19-8-7-18-3/h12-13H,4-11,15H2,1-3H3,(H,16,17)/t13-/m0/s1. The smallest absolute Gasteiger partial charge is 0.220 e. The number of rotatable bonds is 12. The van der Waals surface area contributed by atoms with Crippen molar-refractivity contribution < 1.29 is 14.3 Å². The van der Waals surface area contributed by atoms with E-state index in [1.54, 1.807) is 7.11 Å². The SMILES string of the molecule is COCCOCCCNC(=O)C[C@@H](CN)CC(C)C. The number of amides is 1. The predicted molar refractivity (Wildman–Crippen MR) is 76.9 cm³/mol. The highest BCUT2D eigenvalue weighted by molar-refractivity contribution is 5.76. The molecule has 114 valence electrons. The van der Waals surface area contributed by atoms with Gasteiger partial charge in [-0.25, -0.2) is 0 Å². The van der Waals surface area contributed by atoms with E-state index in [2.05, 4.69) is 19.2 Å². The largest absolute Gasteiger partial charge is 0.382 e. The van der Waals surface area contributed by atoms with Gasteiger partial charge >= 0.3 is 0 Å². The normalized spacial score (nSPS) is 12.7.